The maximum atomic E-state index is 12.2. The van der Waals surface area contributed by atoms with Crippen molar-refractivity contribution in [3.05, 3.63) is 79.4 Å². The van der Waals surface area contributed by atoms with Crippen LogP contribution >= 0.6 is 0 Å². The van der Waals surface area contributed by atoms with Crippen molar-refractivity contribution in [1.29, 1.82) is 0 Å². The largest absolute Gasteiger partial charge is 0.353 e. The smallest absolute Gasteiger partial charge is 0.224 e. The molecule has 8 nitrogen and oxygen atoms in total. The molecule has 6 aromatic rings. The lowest BCUT2D eigenvalue weighted by atomic mass is 10.0. The fourth-order valence-corrected chi connectivity index (χ4v) is 4.52. The molecule has 0 saturated heterocycles. The van der Waals surface area contributed by atoms with Crippen LogP contribution in [0.4, 0.5) is 5.69 Å². The minimum atomic E-state index is -0.00808. The molecule has 0 fully saturated rings. The molecule has 0 aliphatic heterocycles. The zero-order valence-electron chi connectivity index (χ0n) is 20.3. The highest BCUT2D eigenvalue weighted by atomic mass is 16.1. The molecular formula is C29H25N7O. The molecule has 37 heavy (non-hydrogen) atoms. The lowest BCUT2D eigenvalue weighted by Gasteiger charge is -2.07. The quantitative estimate of drug-likeness (QED) is 0.243. The van der Waals surface area contributed by atoms with E-state index in [9.17, 15) is 4.79 Å². The lowest BCUT2D eigenvalue weighted by Crippen LogP contribution is -2.11. The first-order valence-corrected chi connectivity index (χ1v) is 12.3. The number of pyridine rings is 3. The second-order valence-corrected chi connectivity index (χ2v) is 8.96. The van der Waals surface area contributed by atoms with Crippen molar-refractivity contribution >= 4 is 33.5 Å². The van der Waals surface area contributed by atoms with E-state index in [1.54, 1.807) is 24.8 Å². The number of anilines is 1. The number of nitrogens with zero attached hydrogens (tertiary/aromatic N) is 4. The molecule has 5 aromatic heterocycles. The third-order valence-electron chi connectivity index (χ3n) is 6.39. The van der Waals surface area contributed by atoms with Crippen molar-refractivity contribution in [3.8, 4) is 33.8 Å². The van der Waals surface area contributed by atoms with E-state index in [4.69, 9.17) is 4.98 Å². The Balaban J connectivity index is 1.37. The summed E-state index contributed by atoms with van der Waals surface area (Å²) in [6, 6.07) is 18.1. The molecule has 1 amide bonds. The molecule has 0 bridgehead atoms. The van der Waals surface area contributed by atoms with Crippen molar-refractivity contribution in [2.24, 2.45) is 0 Å². The Morgan fingerprint density at radius 3 is 2.70 bits per heavy atom. The number of unbranched alkanes of at least 4 members (excludes halogenated alkanes) is 1. The molecule has 0 radical (unpaired) electrons. The Morgan fingerprint density at radius 1 is 0.946 bits per heavy atom. The highest BCUT2D eigenvalue weighted by molar-refractivity contribution is 6.00. The normalized spacial score (nSPS) is 11.3. The van der Waals surface area contributed by atoms with Crippen molar-refractivity contribution in [2.75, 3.05) is 5.32 Å². The summed E-state index contributed by atoms with van der Waals surface area (Å²) < 4.78 is 0. The summed E-state index contributed by atoms with van der Waals surface area (Å²) in [6.45, 7) is 2.07. The van der Waals surface area contributed by atoms with Crippen LogP contribution in [-0.2, 0) is 4.79 Å². The summed E-state index contributed by atoms with van der Waals surface area (Å²) in [7, 11) is 0. The van der Waals surface area contributed by atoms with Crippen molar-refractivity contribution < 1.29 is 4.79 Å². The van der Waals surface area contributed by atoms with Gasteiger partial charge in [-0.25, -0.2) is 4.98 Å². The minimum absolute atomic E-state index is 0.00808. The summed E-state index contributed by atoms with van der Waals surface area (Å²) in [5.74, 6) is -0.00808. The van der Waals surface area contributed by atoms with Crippen LogP contribution in [0.3, 0.4) is 0 Å². The van der Waals surface area contributed by atoms with Gasteiger partial charge in [0.25, 0.3) is 0 Å². The van der Waals surface area contributed by atoms with Gasteiger partial charge in [-0.2, -0.15) is 5.10 Å². The van der Waals surface area contributed by atoms with E-state index in [1.807, 2.05) is 36.4 Å². The molecule has 0 aliphatic rings. The average Bonchev–Trinajstić information content (AvgIpc) is 3.56. The highest BCUT2D eigenvalue weighted by Gasteiger charge is 2.16. The summed E-state index contributed by atoms with van der Waals surface area (Å²) in [5, 5.41) is 11.7. The summed E-state index contributed by atoms with van der Waals surface area (Å²) in [6.07, 6.45) is 9.34. The second kappa shape index (κ2) is 9.66. The van der Waals surface area contributed by atoms with Crippen LogP contribution in [0.5, 0.6) is 0 Å². The molecule has 5 heterocycles. The number of carbonyl (C=O) groups excluding carboxylic acids is 1. The monoisotopic (exact) mass is 487 g/mol. The van der Waals surface area contributed by atoms with Gasteiger partial charge in [0, 0.05) is 41.5 Å². The molecular weight excluding hydrogens is 462 g/mol. The van der Waals surface area contributed by atoms with E-state index < -0.39 is 0 Å². The molecule has 1 aromatic carbocycles. The fourth-order valence-electron chi connectivity index (χ4n) is 4.52. The maximum absolute atomic E-state index is 12.2. The summed E-state index contributed by atoms with van der Waals surface area (Å²) in [5.41, 5.74) is 8.69. The Bertz CT molecular complexity index is 1720. The first-order valence-electron chi connectivity index (χ1n) is 12.3. The van der Waals surface area contributed by atoms with Crippen molar-refractivity contribution in [3.63, 3.8) is 0 Å². The number of aromatic amines is 2. The Kier molecular flexibility index (Phi) is 5.90. The first-order chi connectivity index (χ1) is 18.2. The number of aromatic nitrogens is 6. The van der Waals surface area contributed by atoms with Crippen molar-refractivity contribution in [1.82, 2.24) is 30.1 Å². The van der Waals surface area contributed by atoms with E-state index >= 15 is 0 Å². The van der Waals surface area contributed by atoms with Gasteiger partial charge in [0.1, 0.15) is 11.2 Å². The number of hydrogen-bond acceptors (Lipinski definition) is 5. The molecule has 0 spiro atoms. The van der Waals surface area contributed by atoms with E-state index in [1.165, 1.54) is 0 Å². The Morgan fingerprint density at radius 2 is 1.84 bits per heavy atom. The topological polar surface area (TPSA) is 112 Å². The van der Waals surface area contributed by atoms with Gasteiger partial charge in [-0.1, -0.05) is 25.5 Å². The number of amides is 1. The molecule has 6 rings (SSSR count). The molecule has 0 aliphatic carbocycles. The number of benzene rings is 1. The van der Waals surface area contributed by atoms with Gasteiger partial charge in [-0.05, 0) is 60.0 Å². The Labute approximate surface area is 213 Å². The van der Waals surface area contributed by atoms with Crippen LogP contribution in [0.2, 0.25) is 0 Å². The van der Waals surface area contributed by atoms with Gasteiger partial charge in [0.2, 0.25) is 5.91 Å². The van der Waals surface area contributed by atoms with E-state index in [2.05, 4.69) is 55.6 Å². The maximum Gasteiger partial charge on any atom is 0.224 e. The van der Waals surface area contributed by atoms with E-state index in [0.717, 1.165) is 68.6 Å². The van der Waals surface area contributed by atoms with Gasteiger partial charge in [-0.3, -0.25) is 19.9 Å². The molecule has 0 unspecified atom stereocenters. The van der Waals surface area contributed by atoms with Crippen LogP contribution in [0.25, 0.3) is 55.7 Å². The average molecular weight is 488 g/mol. The number of nitrogens with one attached hydrogen (secondary N) is 3. The fraction of sp³-hybridized carbons (Fsp3) is 0.138. The summed E-state index contributed by atoms with van der Waals surface area (Å²) >= 11 is 0. The van der Waals surface area contributed by atoms with Gasteiger partial charge in [-0.15, -0.1) is 0 Å². The SMILES string of the molecule is CCCCC(=O)Nc1cncc(-c2ccc3[nH]nc(-c4cc5c(-c6ccncc6)cccc5[nH]4)c3n2)c1. The molecule has 0 atom stereocenters. The first kappa shape index (κ1) is 22.6. The van der Waals surface area contributed by atoms with Crippen LogP contribution in [-0.4, -0.2) is 36.0 Å². The third kappa shape index (κ3) is 4.45. The number of fused-ring (bicyclic) bond motifs is 2. The van der Waals surface area contributed by atoms with Crippen LogP contribution in [0.1, 0.15) is 26.2 Å². The predicted molar refractivity (Wildman–Crippen MR) is 146 cm³/mol. The summed E-state index contributed by atoms with van der Waals surface area (Å²) in [4.78, 5) is 29.1. The minimum Gasteiger partial charge on any atom is -0.353 e. The molecule has 0 saturated carbocycles. The zero-order valence-corrected chi connectivity index (χ0v) is 20.3. The van der Waals surface area contributed by atoms with Gasteiger partial charge >= 0.3 is 0 Å². The van der Waals surface area contributed by atoms with Crippen LogP contribution in [0.15, 0.2) is 79.4 Å². The van der Waals surface area contributed by atoms with Gasteiger partial charge in [0.15, 0.2) is 0 Å². The van der Waals surface area contributed by atoms with Crippen LogP contribution in [0, 0.1) is 0 Å². The molecule has 8 heteroatoms. The zero-order chi connectivity index (χ0) is 25.2. The standard InChI is InChI=1S/C29H25N7O/c1-2-3-7-27(37)32-20-14-19(16-31-17-20)23-8-9-25-28(34-23)29(36-35-25)26-15-22-21(5-4-6-24(22)33-26)18-10-12-30-13-11-18/h4-6,8-17,33H,2-3,7H2,1H3,(H,32,37)(H,35,36). The van der Waals surface area contributed by atoms with E-state index in [-0.39, 0.29) is 5.91 Å². The number of carbonyl (C=O) groups is 1. The Hall–Kier alpha value is -4.85. The molecule has 3 N–H and O–H groups in total. The molecule has 182 valence electrons. The number of H-pyrrole nitrogens is 2. The number of rotatable bonds is 7. The van der Waals surface area contributed by atoms with Crippen molar-refractivity contribution in [2.45, 2.75) is 26.2 Å². The predicted octanol–water partition coefficient (Wildman–Crippen LogP) is 6.36. The third-order valence-corrected chi connectivity index (χ3v) is 6.39. The van der Waals surface area contributed by atoms with Gasteiger partial charge in [0.05, 0.1) is 28.8 Å². The van der Waals surface area contributed by atoms with E-state index in [0.29, 0.717) is 12.1 Å². The number of hydrogen-bond donors (Lipinski definition) is 3. The van der Waals surface area contributed by atoms with Crippen LogP contribution < -0.4 is 5.32 Å². The second-order valence-electron chi connectivity index (χ2n) is 8.96. The lowest BCUT2D eigenvalue weighted by molar-refractivity contribution is -0.116. The highest BCUT2D eigenvalue weighted by Crippen LogP contribution is 2.34. The van der Waals surface area contributed by atoms with Gasteiger partial charge < -0.3 is 10.3 Å².